The number of esters is 1. The van der Waals surface area contributed by atoms with Crippen molar-refractivity contribution in [3.8, 4) is 0 Å². The molecule has 0 radical (unpaired) electrons. The highest BCUT2D eigenvalue weighted by Gasteiger charge is 1.94. The van der Waals surface area contributed by atoms with Gasteiger partial charge in [-0.25, -0.2) is 0 Å². The molecule has 0 aromatic heterocycles. The second kappa shape index (κ2) is 6.58. The Kier molecular flexibility index (Phi) is 6.22. The standard InChI is InChI=1S/C6H9ClO3/c7-5-6(9)10-4-2-1-3-8/h1-2,8H,3-5H2/b2-1+. The van der Waals surface area contributed by atoms with Gasteiger partial charge in [0.15, 0.2) is 0 Å². The Bertz CT molecular complexity index is 122. The summed E-state index contributed by atoms with van der Waals surface area (Å²) >= 11 is 5.12. The smallest absolute Gasteiger partial charge is 0.321 e. The van der Waals surface area contributed by atoms with Crippen molar-refractivity contribution in [2.75, 3.05) is 19.1 Å². The number of aliphatic hydroxyl groups excluding tert-OH is 1. The first-order chi connectivity index (χ1) is 4.81. The van der Waals surface area contributed by atoms with Crippen LogP contribution in [0, 0.1) is 0 Å². The number of ether oxygens (including phenoxy) is 1. The van der Waals surface area contributed by atoms with Crippen molar-refractivity contribution in [3.05, 3.63) is 12.2 Å². The molecule has 1 N–H and O–H groups in total. The lowest BCUT2D eigenvalue weighted by Crippen LogP contribution is -2.05. The molecule has 0 fully saturated rings. The van der Waals surface area contributed by atoms with Gasteiger partial charge in [-0.05, 0) is 6.08 Å². The Morgan fingerprint density at radius 2 is 2.30 bits per heavy atom. The van der Waals surface area contributed by atoms with Crippen molar-refractivity contribution in [2.24, 2.45) is 0 Å². The van der Waals surface area contributed by atoms with Gasteiger partial charge in [-0.15, -0.1) is 11.6 Å². The van der Waals surface area contributed by atoms with Gasteiger partial charge < -0.3 is 9.84 Å². The Hall–Kier alpha value is -0.540. The van der Waals surface area contributed by atoms with E-state index in [1.165, 1.54) is 6.08 Å². The van der Waals surface area contributed by atoms with Crippen LogP contribution < -0.4 is 0 Å². The minimum Gasteiger partial charge on any atom is -0.461 e. The first kappa shape index (κ1) is 9.46. The average molecular weight is 165 g/mol. The van der Waals surface area contributed by atoms with E-state index in [1.807, 2.05) is 0 Å². The maximum Gasteiger partial charge on any atom is 0.321 e. The summed E-state index contributed by atoms with van der Waals surface area (Å²) < 4.78 is 4.52. The average Bonchev–Trinajstić information content (AvgIpc) is 1.98. The lowest BCUT2D eigenvalue weighted by Gasteiger charge is -1.95. The fourth-order valence-corrected chi connectivity index (χ4v) is 0.399. The van der Waals surface area contributed by atoms with Gasteiger partial charge in [0.25, 0.3) is 0 Å². The third-order valence-electron chi connectivity index (χ3n) is 0.722. The Labute approximate surface area is 64.2 Å². The van der Waals surface area contributed by atoms with Crippen molar-refractivity contribution < 1.29 is 14.6 Å². The van der Waals surface area contributed by atoms with E-state index in [0.29, 0.717) is 0 Å². The summed E-state index contributed by atoms with van der Waals surface area (Å²) in [6.45, 7) is 0.130. The highest BCUT2D eigenvalue weighted by molar-refractivity contribution is 6.26. The van der Waals surface area contributed by atoms with Gasteiger partial charge in [0.1, 0.15) is 12.5 Å². The molecule has 0 aliphatic heterocycles. The Morgan fingerprint density at radius 1 is 1.60 bits per heavy atom. The second-order valence-electron chi connectivity index (χ2n) is 1.47. The topological polar surface area (TPSA) is 46.5 Å². The highest BCUT2D eigenvalue weighted by atomic mass is 35.5. The molecule has 0 aromatic carbocycles. The largest absolute Gasteiger partial charge is 0.461 e. The molecule has 0 aromatic rings. The molecule has 0 unspecified atom stereocenters. The molecule has 0 aliphatic carbocycles. The molecule has 0 aliphatic rings. The van der Waals surface area contributed by atoms with Gasteiger partial charge in [0, 0.05) is 0 Å². The number of alkyl halides is 1. The van der Waals surface area contributed by atoms with E-state index >= 15 is 0 Å². The first-order valence-corrected chi connectivity index (χ1v) is 3.32. The maximum atomic E-state index is 10.3. The van der Waals surface area contributed by atoms with Gasteiger partial charge >= 0.3 is 5.97 Å². The van der Waals surface area contributed by atoms with E-state index in [4.69, 9.17) is 16.7 Å². The third kappa shape index (κ3) is 5.59. The fourth-order valence-electron chi connectivity index (χ4n) is 0.322. The van der Waals surface area contributed by atoms with Crippen LogP contribution in [0.3, 0.4) is 0 Å². The molecule has 0 atom stereocenters. The van der Waals surface area contributed by atoms with Crippen LogP contribution >= 0.6 is 11.6 Å². The molecular weight excluding hydrogens is 156 g/mol. The molecule has 0 saturated carbocycles. The third-order valence-corrected chi connectivity index (χ3v) is 0.940. The van der Waals surface area contributed by atoms with Crippen LogP contribution in [0.4, 0.5) is 0 Å². The fraction of sp³-hybridized carbons (Fsp3) is 0.500. The molecule has 0 amide bonds. The summed E-state index contributed by atoms with van der Waals surface area (Å²) in [7, 11) is 0. The van der Waals surface area contributed by atoms with E-state index in [-0.39, 0.29) is 19.1 Å². The summed E-state index contributed by atoms with van der Waals surface area (Å²) in [5.74, 6) is -0.586. The van der Waals surface area contributed by atoms with E-state index in [0.717, 1.165) is 0 Å². The van der Waals surface area contributed by atoms with E-state index in [1.54, 1.807) is 6.08 Å². The Balaban J connectivity index is 3.19. The maximum absolute atomic E-state index is 10.3. The number of carbonyl (C=O) groups is 1. The molecule has 0 heterocycles. The predicted molar refractivity (Wildman–Crippen MR) is 37.9 cm³/mol. The molecule has 10 heavy (non-hydrogen) atoms. The van der Waals surface area contributed by atoms with Crippen LogP contribution in [0.25, 0.3) is 0 Å². The zero-order valence-corrected chi connectivity index (χ0v) is 6.17. The van der Waals surface area contributed by atoms with Crippen molar-refractivity contribution in [1.82, 2.24) is 0 Å². The number of hydrogen-bond acceptors (Lipinski definition) is 3. The van der Waals surface area contributed by atoms with Gasteiger partial charge in [0.05, 0.1) is 6.61 Å². The monoisotopic (exact) mass is 164 g/mol. The quantitative estimate of drug-likeness (QED) is 0.370. The molecule has 0 bridgehead atoms. The molecule has 0 saturated heterocycles. The van der Waals surface area contributed by atoms with Gasteiger partial charge in [-0.2, -0.15) is 0 Å². The van der Waals surface area contributed by atoms with Crippen molar-refractivity contribution in [3.63, 3.8) is 0 Å². The van der Waals surface area contributed by atoms with Crippen LogP contribution in [-0.4, -0.2) is 30.2 Å². The normalized spacial score (nSPS) is 10.2. The van der Waals surface area contributed by atoms with E-state index < -0.39 is 5.97 Å². The summed E-state index contributed by atoms with van der Waals surface area (Å²) in [5.41, 5.74) is 0. The summed E-state index contributed by atoms with van der Waals surface area (Å²) in [6, 6.07) is 0. The van der Waals surface area contributed by atoms with E-state index in [9.17, 15) is 4.79 Å². The minimum atomic E-state index is -0.454. The van der Waals surface area contributed by atoms with E-state index in [2.05, 4.69) is 4.74 Å². The SMILES string of the molecule is O=C(CCl)OC/C=C/CO. The lowest BCUT2D eigenvalue weighted by atomic mass is 10.5. The van der Waals surface area contributed by atoms with Crippen molar-refractivity contribution >= 4 is 17.6 Å². The first-order valence-electron chi connectivity index (χ1n) is 2.78. The second-order valence-corrected chi connectivity index (χ2v) is 1.74. The van der Waals surface area contributed by atoms with Crippen LogP contribution in [0.1, 0.15) is 0 Å². The molecular formula is C6H9ClO3. The molecule has 3 nitrogen and oxygen atoms in total. The lowest BCUT2D eigenvalue weighted by molar-refractivity contribution is -0.139. The summed E-state index contributed by atoms with van der Waals surface area (Å²) in [5, 5.41) is 8.24. The minimum absolute atomic E-state index is 0.0432. The van der Waals surface area contributed by atoms with Crippen molar-refractivity contribution in [2.45, 2.75) is 0 Å². The highest BCUT2D eigenvalue weighted by Crippen LogP contribution is 1.83. The number of rotatable bonds is 4. The number of halogens is 1. The van der Waals surface area contributed by atoms with Gasteiger partial charge in [0.2, 0.25) is 0 Å². The number of hydrogen-bond donors (Lipinski definition) is 1. The number of carbonyl (C=O) groups excluding carboxylic acids is 1. The zero-order chi connectivity index (χ0) is 7.82. The van der Waals surface area contributed by atoms with Gasteiger partial charge in [-0.3, -0.25) is 4.79 Å². The van der Waals surface area contributed by atoms with Crippen LogP contribution in [0.5, 0.6) is 0 Å². The summed E-state index contributed by atoms with van der Waals surface area (Å²) in [6.07, 6.45) is 3.03. The van der Waals surface area contributed by atoms with Crippen LogP contribution in [0.15, 0.2) is 12.2 Å². The zero-order valence-electron chi connectivity index (χ0n) is 5.42. The van der Waals surface area contributed by atoms with Crippen LogP contribution in [0.2, 0.25) is 0 Å². The van der Waals surface area contributed by atoms with Crippen molar-refractivity contribution in [1.29, 1.82) is 0 Å². The molecule has 58 valence electrons. The molecule has 0 spiro atoms. The molecule has 0 rings (SSSR count). The predicted octanol–water partition coefficient (Wildman–Crippen LogP) is 0.317. The molecule has 4 heteroatoms. The Morgan fingerprint density at radius 3 is 2.80 bits per heavy atom. The van der Waals surface area contributed by atoms with Gasteiger partial charge in [-0.1, -0.05) is 6.08 Å². The number of aliphatic hydroxyl groups is 1. The summed E-state index contributed by atoms with van der Waals surface area (Å²) in [4.78, 5) is 10.3. The van der Waals surface area contributed by atoms with Crippen LogP contribution in [-0.2, 0) is 9.53 Å².